The van der Waals surface area contributed by atoms with Crippen molar-refractivity contribution >= 4 is 24.1 Å². The van der Waals surface area contributed by atoms with E-state index in [0.717, 1.165) is 17.4 Å². The normalized spacial score (nSPS) is 15.2. The molecule has 0 aliphatic carbocycles. The van der Waals surface area contributed by atoms with Gasteiger partial charge in [0.25, 0.3) is 5.91 Å². The third kappa shape index (κ3) is 8.12. The summed E-state index contributed by atoms with van der Waals surface area (Å²) in [5, 5.41) is 3.26. The van der Waals surface area contributed by atoms with Crippen LogP contribution in [-0.4, -0.2) is 59.9 Å². The van der Waals surface area contributed by atoms with Crippen LogP contribution in [0.1, 0.15) is 67.6 Å². The van der Waals surface area contributed by atoms with Gasteiger partial charge in [-0.2, -0.15) is 0 Å². The third-order valence-corrected chi connectivity index (χ3v) is 6.69. The highest BCUT2D eigenvalue weighted by Crippen LogP contribution is 2.33. The number of amides is 2. The molecule has 0 bridgehead atoms. The monoisotopic (exact) mass is 553 g/mol. The largest absolute Gasteiger partial charge is 0.489 e. The number of aldehydes is 1. The molecule has 0 spiro atoms. The third-order valence-electron chi connectivity index (χ3n) is 6.69. The summed E-state index contributed by atoms with van der Waals surface area (Å²) >= 11 is 0. The SMILES string of the molecule is COC(=O)CCC(C(N)=O)N1Cc2c(OCc3ccc(CNC(C)(C=O)COC(C)(C)C)cc3)cccc2C1=O. The van der Waals surface area contributed by atoms with Crippen LogP contribution in [0.5, 0.6) is 5.75 Å². The Morgan fingerprint density at radius 2 is 1.77 bits per heavy atom. The van der Waals surface area contributed by atoms with E-state index in [1.165, 1.54) is 12.0 Å². The molecular formula is C30H39N3O7. The maximum absolute atomic E-state index is 13.1. The molecule has 0 radical (unpaired) electrons. The molecule has 1 heterocycles. The maximum Gasteiger partial charge on any atom is 0.305 e. The van der Waals surface area contributed by atoms with Gasteiger partial charge in [0.05, 0.1) is 31.4 Å². The van der Waals surface area contributed by atoms with Gasteiger partial charge < -0.3 is 29.6 Å². The van der Waals surface area contributed by atoms with E-state index in [4.69, 9.17) is 15.2 Å². The minimum absolute atomic E-state index is 0.0296. The number of primary amides is 1. The number of methoxy groups -OCH3 is 1. The second-order valence-corrected chi connectivity index (χ2v) is 11.1. The molecule has 0 aromatic heterocycles. The number of fused-ring (bicyclic) bond motifs is 1. The first-order valence-corrected chi connectivity index (χ1v) is 13.2. The van der Waals surface area contributed by atoms with E-state index in [2.05, 4.69) is 10.1 Å². The van der Waals surface area contributed by atoms with Crippen LogP contribution in [0, 0.1) is 0 Å². The molecule has 0 fully saturated rings. The molecule has 10 heteroatoms. The number of esters is 1. The minimum atomic E-state index is -0.936. The Hall–Kier alpha value is -3.76. The number of nitrogens with two attached hydrogens (primary N) is 1. The first-order valence-electron chi connectivity index (χ1n) is 13.2. The predicted octanol–water partition coefficient (Wildman–Crippen LogP) is 2.89. The highest BCUT2D eigenvalue weighted by atomic mass is 16.5. The van der Waals surface area contributed by atoms with E-state index < -0.39 is 23.5 Å². The molecular weight excluding hydrogens is 514 g/mol. The standard InChI is InChI=1S/C30H39N3O7/c1-29(2,3)40-19-30(4,18-34)32-15-20-9-11-21(12-10-20)17-39-25-8-6-7-22-23(25)16-33(28(22)37)24(27(31)36)13-14-26(35)38-5/h6-12,18,24,32H,13-17,19H2,1-5H3,(H2,31,36). The molecule has 2 amide bonds. The van der Waals surface area contributed by atoms with Crippen molar-refractivity contribution in [3.63, 3.8) is 0 Å². The summed E-state index contributed by atoms with van der Waals surface area (Å²) in [6.07, 6.45) is 0.919. The number of rotatable bonds is 14. The summed E-state index contributed by atoms with van der Waals surface area (Å²) in [5.74, 6) is -0.956. The van der Waals surface area contributed by atoms with Crippen LogP contribution in [-0.2, 0) is 43.6 Å². The van der Waals surface area contributed by atoms with E-state index in [1.54, 1.807) is 18.2 Å². The van der Waals surface area contributed by atoms with Crippen LogP contribution in [0.3, 0.4) is 0 Å². The number of benzene rings is 2. The number of carbonyl (C=O) groups excluding carboxylic acids is 4. The van der Waals surface area contributed by atoms with Gasteiger partial charge in [0, 0.05) is 24.1 Å². The van der Waals surface area contributed by atoms with Crippen LogP contribution >= 0.6 is 0 Å². The second kappa shape index (κ2) is 13.1. The van der Waals surface area contributed by atoms with Crippen molar-refractivity contribution in [2.24, 2.45) is 5.73 Å². The summed E-state index contributed by atoms with van der Waals surface area (Å²) in [7, 11) is 1.26. The molecule has 1 aliphatic heterocycles. The Balaban J connectivity index is 1.61. The fraction of sp³-hybridized carbons (Fsp3) is 0.467. The van der Waals surface area contributed by atoms with Crippen molar-refractivity contribution in [1.82, 2.24) is 10.2 Å². The average Bonchev–Trinajstić information content (AvgIpc) is 3.26. The van der Waals surface area contributed by atoms with Crippen LogP contribution in [0.25, 0.3) is 0 Å². The van der Waals surface area contributed by atoms with Gasteiger partial charge in [0.15, 0.2) is 0 Å². The minimum Gasteiger partial charge on any atom is -0.489 e. The lowest BCUT2D eigenvalue weighted by Crippen LogP contribution is -2.49. The van der Waals surface area contributed by atoms with Crippen LogP contribution in [0.4, 0.5) is 0 Å². The van der Waals surface area contributed by atoms with Crippen molar-refractivity contribution < 1.29 is 33.4 Å². The Labute approximate surface area is 235 Å². The number of ether oxygens (including phenoxy) is 3. The van der Waals surface area contributed by atoms with Gasteiger partial charge in [0.1, 0.15) is 24.7 Å². The molecule has 2 aromatic rings. The quantitative estimate of drug-likeness (QED) is 0.269. The molecule has 3 N–H and O–H groups in total. The predicted molar refractivity (Wildman–Crippen MR) is 148 cm³/mol. The zero-order valence-corrected chi connectivity index (χ0v) is 23.8. The van der Waals surface area contributed by atoms with Crippen LogP contribution in [0.15, 0.2) is 42.5 Å². The lowest BCUT2D eigenvalue weighted by atomic mass is 10.0. The molecule has 2 aromatic carbocycles. The lowest BCUT2D eigenvalue weighted by molar-refractivity contribution is -0.141. The van der Waals surface area contributed by atoms with Crippen molar-refractivity contribution in [3.8, 4) is 5.75 Å². The van der Waals surface area contributed by atoms with Gasteiger partial charge >= 0.3 is 5.97 Å². The number of nitrogens with one attached hydrogen (secondary N) is 1. The summed E-state index contributed by atoms with van der Waals surface area (Å²) < 4.78 is 16.5. The van der Waals surface area contributed by atoms with Gasteiger partial charge in [-0.1, -0.05) is 30.3 Å². The number of hydrogen-bond acceptors (Lipinski definition) is 8. The first-order chi connectivity index (χ1) is 18.9. The maximum atomic E-state index is 13.1. The summed E-state index contributed by atoms with van der Waals surface area (Å²) in [4.78, 5) is 49.8. The van der Waals surface area contributed by atoms with Crippen molar-refractivity contribution in [1.29, 1.82) is 0 Å². The second-order valence-electron chi connectivity index (χ2n) is 11.1. The highest BCUT2D eigenvalue weighted by Gasteiger charge is 2.37. The number of nitrogens with zero attached hydrogens (tertiary/aromatic N) is 1. The molecule has 10 nitrogen and oxygen atoms in total. The first kappa shape index (κ1) is 30.8. The lowest BCUT2D eigenvalue weighted by Gasteiger charge is -2.29. The van der Waals surface area contributed by atoms with E-state index >= 15 is 0 Å². The van der Waals surface area contributed by atoms with Gasteiger partial charge in [0.2, 0.25) is 5.91 Å². The van der Waals surface area contributed by atoms with E-state index in [-0.39, 0.29) is 44.1 Å². The summed E-state index contributed by atoms with van der Waals surface area (Å²) in [5.41, 5.74) is 7.45. The Kier molecular flexibility index (Phi) is 10.1. The van der Waals surface area contributed by atoms with Gasteiger partial charge in [-0.3, -0.25) is 19.7 Å². The van der Waals surface area contributed by atoms with Gasteiger partial charge in [-0.15, -0.1) is 0 Å². The molecule has 3 rings (SSSR count). The topological polar surface area (TPSA) is 137 Å². The summed E-state index contributed by atoms with van der Waals surface area (Å²) in [6, 6.07) is 12.1. The zero-order valence-electron chi connectivity index (χ0n) is 23.8. The Bertz CT molecular complexity index is 1220. The number of carbonyl (C=O) groups is 4. The van der Waals surface area contributed by atoms with E-state index in [9.17, 15) is 19.2 Å². The van der Waals surface area contributed by atoms with Gasteiger partial charge in [-0.05, 0) is 57.4 Å². The van der Waals surface area contributed by atoms with E-state index in [0.29, 0.717) is 23.4 Å². The fourth-order valence-corrected chi connectivity index (χ4v) is 4.23. The zero-order chi connectivity index (χ0) is 29.5. The van der Waals surface area contributed by atoms with Crippen LogP contribution in [0.2, 0.25) is 0 Å². The van der Waals surface area contributed by atoms with Crippen LogP contribution < -0.4 is 15.8 Å². The fourth-order valence-electron chi connectivity index (χ4n) is 4.23. The molecule has 40 heavy (non-hydrogen) atoms. The van der Waals surface area contributed by atoms with E-state index in [1.807, 2.05) is 52.0 Å². The Morgan fingerprint density at radius 3 is 2.38 bits per heavy atom. The Morgan fingerprint density at radius 1 is 1.10 bits per heavy atom. The molecule has 2 atom stereocenters. The number of hydrogen-bond donors (Lipinski definition) is 2. The van der Waals surface area contributed by atoms with Crippen molar-refractivity contribution in [2.45, 2.75) is 77.4 Å². The average molecular weight is 554 g/mol. The van der Waals surface area contributed by atoms with Crippen molar-refractivity contribution in [3.05, 3.63) is 64.7 Å². The molecule has 0 saturated carbocycles. The van der Waals surface area contributed by atoms with Gasteiger partial charge in [-0.25, -0.2) is 0 Å². The molecule has 216 valence electrons. The van der Waals surface area contributed by atoms with Crippen molar-refractivity contribution in [2.75, 3.05) is 13.7 Å². The summed E-state index contributed by atoms with van der Waals surface area (Å²) in [6.45, 7) is 8.82. The molecule has 0 saturated heterocycles. The highest BCUT2D eigenvalue weighted by molar-refractivity contribution is 6.01. The molecule has 1 aliphatic rings. The smallest absolute Gasteiger partial charge is 0.305 e. The molecule has 2 unspecified atom stereocenters.